The number of hydrogen-bond donors (Lipinski definition) is 2. The highest BCUT2D eigenvalue weighted by Gasteiger charge is 2.35. The highest BCUT2D eigenvalue weighted by molar-refractivity contribution is 6.05. The summed E-state index contributed by atoms with van der Waals surface area (Å²) in [6.07, 6.45) is 0. The van der Waals surface area contributed by atoms with Crippen molar-refractivity contribution in [3.8, 4) is 28.4 Å². The molecule has 1 atom stereocenters. The Kier molecular flexibility index (Phi) is 4.69. The lowest BCUT2D eigenvalue weighted by Gasteiger charge is -2.10. The van der Waals surface area contributed by atoms with Gasteiger partial charge in [-0.3, -0.25) is 4.79 Å². The van der Waals surface area contributed by atoms with E-state index in [0.717, 1.165) is 56.1 Å². The van der Waals surface area contributed by atoms with Gasteiger partial charge in [0.05, 0.1) is 18.5 Å². The smallest absolute Gasteiger partial charge is 0.238 e. The summed E-state index contributed by atoms with van der Waals surface area (Å²) in [5.74, 6) is 1.07. The van der Waals surface area contributed by atoms with Crippen molar-refractivity contribution in [2.24, 2.45) is 0 Å². The van der Waals surface area contributed by atoms with E-state index >= 15 is 0 Å². The van der Waals surface area contributed by atoms with Crippen molar-refractivity contribution in [1.82, 2.24) is 9.97 Å². The van der Waals surface area contributed by atoms with E-state index < -0.39 is 5.92 Å². The van der Waals surface area contributed by atoms with Crippen LogP contribution in [-0.2, 0) is 4.79 Å². The van der Waals surface area contributed by atoms with E-state index in [1.165, 1.54) is 5.56 Å². The van der Waals surface area contributed by atoms with Crippen LogP contribution in [0.15, 0.2) is 84.9 Å². The largest absolute Gasteiger partial charge is 0.497 e. The Balaban J connectivity index is 1.52. The normalized spacial score (nSPS) is 14.8. The van der Waals surface area contributed by atoms with Gasteiger partial charge in [-0.25, -0.2) is 4.98 Å². The first-order valence-corrected chi connectivity index (χ1v) is 11.3. The number of imidazole rings is 1. The van der Waals surface area contributed by atoms with Gasteiger partial charge in [0.2, 0.25) is 5.91 Å². The number of rotatable bonds is 4. The van der Waals surface area contributed by atoms with Crippen molar-refractivity contribution in [3.63, 3.8) is 0 Å². The molecule has 2 heterocycles. The first kappa shape index (κ1) is 20.2. The Hall–Kier alpha value is -4.38. The lowest BCUT2D eigenvalue weighted by molar-refractivity contribution is -0.116. The first-order valence-electron chi connectivity index (χ1n) is 11.3. The maximum absolute atomic E-state index is 13.1. The zero-order valence-corrected chi connectivity index (χ0v) is 18.9. The number of fused-ring (bicyclic) bond motifs is 2. The Morgan fingerprint density at radius 3 is 2.41 bits per heavy atom. The molecular weight excluding hydrogens is 422 g/mol. The molecule has 5 nitrogen and oxygen atoms in total. The second-order valence-electron chi connectivity index (χ2n) is 8.65. The molecule has 0 aliphatic carbocycles. The van der Waals surface area contributed by atoms with Gasteiger partial charge in [-0.2, -0.15) is 0 Å². The van der Waals surface area contributed by atoms with E-state index in [-0.39, 0.29) is 5.91 Å². The van der Waals surface area contributed by atoms with Gasteiger partial charge in [-0.1, -0.05) is 66.2 Å². The van der Waals surface area contributed by atoms with Gasteiger partial charge in [-0.15, -0.1) is 0 Å². The molecule has 2 N–H and O–H groups in total. The maximum atomic E-state index is 13.1. The number of aromatic nitrogens is 2. The molecule has 0 spiro atoms. The van der Waals surface area contributed by atoms with Crippen LogP contribution in [0.3, 0.4) is 0 Å². The molecule has 1 unspecified atom stereocenters. The maximum Gasteiger partial charge on any atom is 0.238 e. The highest BCUT2D eigenvalue weighted by atomic mass is 16.5. The minimum absolute atomic E-state index is 0.0460. The Labute approximate surface area is 197 Å². The fourth-order valence-corrected chi connectivity index (χ4v) is 4.66. The predicted octanol–water partition coefficient (Wildman–Crippen LogP) is 6.30. The van der Waals surface area contributed by atoms with Gasteiger partial charge in [0.15, 0.2) is 0 Å². The Morgan fingerprint density at radius 1 is 0.853 bits per heavy atom. The zero-order chi connectivity index (χ0) is 23.2. The molecule has 4 aromatic carbocycles. The predicted molar refractivity (Wildman–Crippen MR) is 135 cm³/mol. The number of para-hydroxylation sites is 1. The fourth-order valence-electron chi connectivity index (χ4n) is 4.66. The first-order chi connectivity index (χ1) is 16.6. The number of nitrogens with one attached hydrogen (secondary N) is 2. The van der Waals surface area contributed by atoms with E-state index in [0.29, 0.717) is 0 Å². The highest BCUT2D eigenvalue weighted by Crippen LogP contribution is 2.41. The number of H-pyrrole nitrogens is 1. The molecule has 0 saturated carbocycles. The van der Waals surface area contributed by atoms with E-state index in [4.69, 9.17) is 9.72 Å². The van der Waals surface area contributed by atoms with E-state index in [1.54, 1.807) is 7.11 Å². The van der Waals surface area contributed by atoms with E-state index in [2.05, 4.69) is 53.6 Å². The number of ether oxygens (including phenoxy) is 1. The molecule has 0 fully saturated rings. The molecule has 1 aliphatic rings. The van der Waals surface area contributed by atoms with Gasteiger partial charge in [0, 0.05) is 16.8 Å². The fraction of sp³-hybridized carbons (Fsp3) is 0.103. The van der Waals surface area contributed by atoms with Crippen molar-refractivity contribution in [2.75, 3.05) is 12.4 Å². The summed E-state index contributed by atoms with van der Waals surface area (Å²) < 4.78 is 5.35. The van der Waals surface area contributed by atoms with Crippen molar-refractivity contribution in [1.29, 1.82) is 0 Å². The average Bonchev–Trinajstić information content (AvgIpc) is 3.44. The summed E-state index contributed by atoms with van der Waals surface area (Å²) in [6, 6.07) is 28.3. The van der Waals surface area contributed by atoms with Crippen molar-refractivity contribution < 1.29 is 9.53 Å². The van der Waals surface area contributed by atoms with Gasteiger partial charge in [0.25, 0.3) is 0 Å². The summed E-state index contributed by atoms with van der Waals surface area (Å²) in [5.41, 5.74) is 6.52. The number of amides is 1. The van der Waals surface area contributed by atoms with Gasteiger partial charge in [-0.05, 0) is 47.5 Å². The standard InChI is InChI=1S/C29H23N3O2/c1-17-7-9-18(10-8-17)26-27(25-23-5-3-4-6-24(23)30-29(25)33)32-28(31-26)21-12-11-20-16-22(34-2)14-13-19(20)15-21/h3-16,25H,1-2H3,(H,30,33)(H,31,32). The summed E-state index contributed by atoms with van der Waals surface area (Å²) in [4.78, 5) is 21.6. The van der Waals surface area contributed by atoms with Crippen LogP contribution in [0.2, 0.25) is 0 Å². The molecule has 1 aromatic heterocycles. The SMILES string of the molecule is COc1ccc2cc(-c3nc(-c4ccc(C)cc4)c(C4C(=O)Nc5ccccc54)[nH]3)ccc2c1. The second-order valence-corrected chi connectivity index (χ2v) is 8.65. The molecular formula is C29H23N3O2. The molecule has 166 valence electrons. The van der Waals surface area contributed by atoms with Crippen LogP contribution in [0.1, 0.15) is 22.7 Å². The van der Waals surface area contributed by atoms with Crippen LogP contribution >= 0.6 is 0 Å². The van der Waals surface area contributed by atoms with Gasteiger partial charge >= 0.3 is 0 Å². The van der Waals surface area contributed by atoms with Crippen LogP contribution in [-0.4, -0.2) is 23.0 Å². The topological polar surface area (TPSA) is 67.0 Å². The molecule has 0 saturated heterocycles. The Bertz CT molecular complexity index is 1550. The number of anilines is 1. The third kappa shape index (κ3) is 3.33. The van der Waals surface area contributed by atoms with Gasteiger partial charge in [0.1, 0.15) is 17.5 Å². The van der Waals surface area contributed by atoms with Crippen LogP contribution in [0.4, 0.5) is 5.69 Å². The number of aromatic amines is 1. The van der Waals surface area contributed by atoms with Crippen molar-refractivity contribution in [3.05, 3.63) is 102 Å². The summed E-state index contributed by atoms with van der Waals surface area (Å²) >= 11 is 0. The number of carbonyl (C=O) groups excluding carboxylic acids is 1. The third-order valence-electron chi connectivity index (χ3n) is 6.46. The lowest BCUT2D eigenvalue weighted by atomic mass is 9.94. The minimum Gasteiger partial charge on any atom is -0.497 e. The third-order valence-corrected chi connectivity index (χ3v) is 6.46. The van der Waals surface area contributed by atoms with Gasteiger partial charge < -0.3 is 15.0 Å². The molecule has 34 heavy (non-hydrogen) atoms. The molecule has 0 bridgehead atoms. The molecule has 1 amide bonds. The van der Waals surface area contributed by atoms with Crippen molar-refractivity contribution in [2.45, 2.75) is 12.8 Å². The molecule has 0 radical (unpaired) electrons. The number of carbonyl (C=O) groups is 1. The van der Waals surface area contributed by atoms with E-state index in [9.17, 15) is 4.79 Å². The Morgan fingerprint density at radius 2 is 1.59 bits per heavy atom. The van der Waals surface area contributed by atoms with E-state index in [1.807, 2.05) is 48.5 Å². The number of hydrogen-bond acceptors (Lipinski definition) is 3. The molecule has 5 heteroatoms. The number of nitrogens with zero attached hydrogens (tertiary/aromatic N) is 1. The van der Waals surface area contributed by atoms with Crippen LogP contribution < -0.4 is 10.1 Å². The molecule has 6 rings (SSSR count). The average molecular weight is 446 g/mol. The summed E-state index contributed by atoms with van der Waals surface area (Å²) in [6.45, 7) is 2.06. The van der Waals surface area contributed by atoms with Crippen LogP contribution in [0.25, 0.3) is 33.4 Å². The summed E-state index contributed by atoms with van der Waals surface area (Å²) in [5, 5.41) is 5.21. The number of methoxy groups -OCH3 is 1. The lowest BCUT2D eigenvalue weighted by Crippen LogP contribution is -2.14. The van der Waals surface area contributed by atoms with Crippen LogP contribution in [0, 0.1) is 6.92 Å². The quantitative estimate of drug-likeness (QED) is 0.341. The minimum atomic E-state index is -0.446. The summed E-state index contributed by atoms with van der Waals surface area (Å²) in [7, 11) is 1.67. The molecule has 1 aliphatic heterocycles. The van der Waals surface area contributed by atoms with Crippen molar-refractivity contribution >= 4 is 22.4 Å². The molecule has 5 aromatic rings. The number of benzene rings is 4. The second kappa shape index (κ2) is 7.89. The van der Waals surface area contributed by atoms with Crippen LogP contribution in [0.5, 0.6) is 5.75 Å². The monoisotopic (exact) mass is 445 g/mol. The number of aryl methyl sites for hydroxylation is 1. The zero-order valence-electron chi connectivity index (χ0n) is 18.9.